The molecule has 0 fully saturated rings. The summed E-state index contributed by atoms with van der Waals surface area (Å²) in [4.78, 5) is 0. The summed E-state index contributed by atoms with van der Waals surface area (Å²) in [6, 6.07) is 22.0. The summed E-state index contributed by atoms with van der Waals surface area (Å²) in [6.45, 7) is 4.62. The molecule has 1 heteroatoms. The summed E-state index contributed by atoms with van der Waals surface area (Å²) in [5.74, 6) is 0. The van der Waals surface area contributed by atoms with Crippen LogP contribution in [0.2, 0.25) is 0 Å². The van der Waals surface area contributed by atoms with E-state index in [1.807, 2.05) is 0 Å². The predicted octanol–water partition coefficient (Wildman–Crippen LogP) is 6.54. The third kappa shape index (κ3) is 6.83. The van der Waals surface area contributed by atoms with Gasteiger partial charge in [-0.3, -0.25) is 0 Å². The Labute approximate surface area is 146 Å². The van der Waals surface area contributed by atoms with Gasteiger partial charge in [-0.15, -0.1) is 0 Å². The molecule has 2 unspecified atom stereocenters. The van der Waals surface area contributed by atoms with E-state index in [0.29, 0.717) is 0 Å². The van der Waals surface area contributed by atoms with Gasteiger partial charge in [0, 0.05) is 10.5 Å². The molecule has 2 aromatic rings. The zero-order chi connectivity index (χ0) is 16.3. The van der Waals surface area contributed by atoms with Crippen LogP contribution >= 0.6 is 11.8 Å². The summed E-state index contributed by atoms with van der Waals surface area (Å²) in [5.41, 5.74) is 2.96. The molecule has 0 aromatic heterocycles. The fourth-order valence-corrected chi connectivity index (χ4v) is 4.97. The average Bonchev–Trinajstić information content (AvgIpc) is 2.57. The Balaban J connectivity index is 1.98. The van der Waals surface area contributed by atoms with Crippen molar-refractivity contribution in [3.8, 4) is 0 Å². The molecule has 2 rings (SSSR count). The molecule has 0 saturated carbocycles. The molecule has 0 radical (unpaired) electrons. The van der Waals surface area contributed by atoms with Crippen LogP contribution in [0.1, 0.15) is 50.7 Å². The van der Waals surface area contributed by atoms with Crippen molar-refractivity contribution in [2.45, 2.75) is 62.9 Å². The normalized spacial score (nSPS) is 13.7. The largest absolute Gasteiger partial charge is 0.154 e. The molecule has 2 aromatic carbocycles. The van der Waals surface area contributed by atoms with E-state index < -0.39 is 0 Å². The average molecular weight is 327 g/mol. The molecular formula is C22H30S. The number of thioether (sulfide) groups is 1. The van der Waals surface area contributed by atoms with E-state index in [9.17, 15) is 0 Å². The molecule has 124 valence electrons. The molecule has 0 bridgehead atoms. The van der Waals surface area contributed by atoms with Gasteiger partial charge in [0.1, 0.15) is 0 Å². The highest BCUT2D eigenvalue weighted by Gasteiger charge is 2.17. The molecule has 0 heterocycles. The monoisotopic (exact) mass is 326 g/mol. The third-order valence-electron chi connectivity index (χ3n) is 4.22. The van der Waals surface area contributed by atoms with Gasteiger partial charge < -0.3 is 0 Å². The van der Waals surface area contributed by atoms with Crippen LogP contribution in [0.5, 0.6) is 0 Å². The third-order valence-corrected chi connectivity index (χ3v) is 5.79. The minimum Gasteiger partial charge on any atom is -0.154 e. The van der Waals surface area contributed by atoms with Crippen LogP contribution in [0.15, 0.2) is 60.7 Å². The zero-order valence-corrected chi connectivity index (χ0v) is 15.4. The lowest BCUT2D eigenvalue weighted by molar-refractivity contribution is 0.700. The molecule has 0 aliphatic rings. The second-order valence-corrected chi connectivity index (χ2v) is 7.94. The van der Waals surface area contributed by atoms with E-state index in [0.717, 1.165) is 10.5 Å². The van der Waals surface area contributed by atoms with E-state index in [2.05, 4.69) is 86.3 Å². The van der Waals surface area contributed by atoms with Gasteiger partial charge in [0.05, 0.1) is 0 Å². The van der Waals surface area contributed by atoms with Crippen molar-refractivity contribution in [3.05, 3.63) is 71.8 Å². The second kappa shape index (κ2) is 10.5. The van der Waals surface area contributed by atoms with Crippen molar-refractivity contribution in [2.75, 3.05) is 0 Å². The summed E-state index contributed by atoms with van der Waals surface area (Å²) in [5, 5.41) is 1.48. The number of rotatable bonds is 10. The van der Waals surface area contributed by atoms with Crippen LogP contribution in [0.25, 0.3) is 0 Å². The minimum atomic E-state index is 0.739. The van der Waals surface area contributed by atoms with Crippen LogP contribution in [0, 0.1) is 0 Å². The Morgan fingerprint density at radius 3 is 1.39 bits per heavy atom. The van der Waals surface area contributed by atoms with Gasteiger partial charge in [-0.05, 0) is 36.8 Å². The highest BCUT2D eigenvalue weighted by atomic mass is 32.2. The second-order valence-electron chi connectivity index (χ2n) is 6.34. The maximum absolute atomic E-state index is 2.31. The van der Waals surface area contributed by atoms with Crippen molar-refractivity contribution in [3.63, 3.8) is 0 Å². The van der Waals surface area contributed by atoms with Crippen LogP contribution in [0.4, 0.5) is 0 Å². The summed E-state index contributed by atoms with van der Waals surface area (Å²) in [6.07, 6.45) is 7.58. The quantitative estimate of drug-likeness (QED) is 0.477. The highest BCUT2D eigenvalue weighted by molar-refractivity contribution is 8.00. The Morgan fingerprint density at radius 2 is 1.04 bits per heavy atom. The SMILES string of the molecule is CCCC(Cc1ccccc1)SC(CCC)Cc1ccccc1. The van der Waals surface area contributed by atoms with E-state index in [1.165, 1.54) is 49.7 Å². The lowest BCUT2D eigenvalue weighted by Gasteiger charge is -2.23. The molecule has 0 spiro atoms. The highest BCUT2D eigenvalue weighted by Crippen LogP contribution is 2.30. The number of benzene rings is 2. The first-order valence-electron chi connectivity index (χ1n) is 9.05. The minimum absolute atomic E-state index is 0.739. The van der Waals surface area contributed by atoms with Crippen LogP contribution < -0.4 is 0 Å². The van der Waals surface area contributed by atoms with Gasteiger partial charge in [-0.25, -0.2) is 0 Å². The first kappa shape index (κ1) is 18.1. The topological polar surface area (TPSA) is 0 Å². The van der Waals surface area contributed by atoms with E-state index in [-0.39, 0.29) is 0 Å². The van der Waals surface area contributed by atoms with Gasteiger partial charge in [0.2, 0.25) is 0 Å². The molecule has 0 amide bonds. The smallest absolute Gasteiger partial charge is 0.00902 e. The summed E-state index contributed by atoms with van der Waals surface area (Å²) < 4.78 is 0. The molecule has 23 heavy (non-hydrogen) atoms. The van der Waals surface area contributed by atoms with E-state index in [1.54, 1.807) is 0 Å². The van der Waals surface area contributed by atoms with Gasteiger partial charge in [-0.1, -0.05) is 87.4 Å². The fourth-order valence-electron chi connectivity index (χ4n) is 3.11. The van der Waals surface area contributed by atoms with Crippen LogP contribution in [0.3, 0.4) is 0 Å². The molecule has 0 saturated heterocycles. The Bertz CT molecular complexity index is 471. The van der Waals surface area contributed by atoms with E-state index in [4.69, 9.17) is 0 Å². The Kier molecular flexibility index (Phi) is 8.31. The number of hydrogen-bond donors (Lipinski definition) is 0. The van der Waals surface area contributed by atoms with Crippen molar-refractivity contribution >= 4 is 11.8 Å². The van der Waals surface area contributed by atoms with Crippen LogP contribution in [-0.2, 0) is 12.8 Å². The number of hydrogen-bond acceptors (Lipinski definition) is 1. The molecule has 0 N–H and O–H groups in total. The zero-order valence-electron chi connectivity index (χ0n) is 14.6. The first-order chi connectivity index (χ1) is 11.3. The predicted molar refractivity (Wildman–Crippen MR) is 105 cm³/mol. The lowest BCUT2D eigenvalue weighted by Crippen LogP contribution is -2.16. The maximum atomic E-state index is 2.31. The lowest BCUT2D eigenvalue weighted by atomic mass is 10.1. The van der Waals surface area contributed by atoms with Gasteiger partial charge in [-0.2, -0.15) is 11.8 Å². The summed E-state index contributed by atoms with van der Waals surface area (Å²) >= 11 is 2.23. The van der Waals surface area contributed by atoms with Gasteiger partial charge in [0.25, 0.3) is 0 Å². The van der Waals surface area contributed by atoms with Gasteiger partial charge in [0.15, 0.2) is 0 Å². The molecular weight excluding hydrogens is 296 g/mol. The standard InChI is InChI=1S/C22H30S/c1-3-11-21(17-19-13-7-5-8-14-19)23-22(12-4-2)18-20-15-9-6-10-16-20/h5-10,13-16,21-22H,3-4,11-12,17-18H2,1-2H3. The van der Waals surface area contributed by atoms with Crippen molar-refractivity contribution in [1.82, 2.24) is 0 Å². The van der Waals surface area contributed by atoms with E-state index >= 15 is 0 Å². The van der Waals surface area contributed by atoms with Crippen molar-refractivity contribution in [1.29, 1.82) is 0 Å². The fraction of sp³-hybridized carbons (Fsp3) is 0.455. The van der Waals surface area contributed by atoms with Crippen molar-refractivity contribution in [2.24, 2.45) is 0 Å². The molecule has 0 aliphatic carbocycles. The Morgan fingerprint density at radius 1 is 0.652 bits per heavy atom. The van der Waals surface area contributed by atoms with Gasteiger partial charge >= 0.3 is 0 Å². The summed E-state index contributed by atoms with van der Waals surface area (Å²) in [7, 11) is 0. The Hall–Kier alpha value is -1.21. The molecule has 2 atom stereocenters. The molecule has 0 aliphatic heterocycles. The van der Waals surface area contributed by atoms with Crippen molar-refractivity contribution < 1.29 is 0 Å². The van der Waals surface area contributed by atoms with Crippen LogP contribution in [-0.4, -0.2) is 10.5 Å². The first-order valence-corrected chi connectivity index (χ1v) is 9.99. The maximum Gasteiger partial charge on any atom is 0.00902 e. The molecule has 0 nitrogen and oxygen atoms in total.